The highest BCUT2D eigenvalue weighted by molar-refractivity contribution is 5.95. The molecule has 2 fully saturated rings. The van der Waals surface area contributed by atoms with Gasteiger partial charge in [0.05, 0.1) is 11.2 Å². The predicted octanol–water partition coefficient (Wildman–Crippen LogP) is 2.95. The molecule has 0 bridgehead atoms. The molecule has 0 unspecified atom stereocenters. The average Bonchev–Trinajstić information content (AvgIpc) is 3.33. The first-order valence-corrected chi connectivity index (χ1v) is 9.07. The van der Waals surface area contributed by atoms with Crippen molar-refractivity contribution in [1.29, 1.82) is 0 Å². The SMILES string of the molecule is C#Cc1c(N2CCC3(CC2)CC3)c2cc(CN(C)C)ccc2[nH]c1=O. The monoisotopic (exact) mass is 335 g/mol. The number of rotatable bonds is 3. The molecule has 1 aliphatic heterocycles. The minimum Gasteiger partial charge on any atom is -0.370 e. The zero-order valence-corrected chi connectivity index (χ0v) is 15.1. The summed E-state index contributed by atoms with van der Waals surface area (Å²) in [5.74, 6) is 2.65. The molecule has 130 valence electrons. The van der Waals surface area contributed by atoms with Crippen LogP contribution >= 0.6 is 0 Å². The van der Waals surface area contributed by atoms with E-state index in [0.29, 0.717) is 11.0 Å². The Morgan fingerprint density at radius 3 is 2.56 bits per heavy atom. The van der Waals surface area contributed by atoms with Crippen LogP contribution in [0.25, 0.3) is 10.9 Å². The van der Waals surface area contributed by atoms with Gasteiger partial charge in [0.1, 0.15) is 5.56 Å². The molecule has 0 amide bonds. The topological polar surface area (TPSA) is 39.3 Å². The van der Waals surface area contributed by atoms with E-state index in [1.54, 1.807) is 0 Å². The first kappa shape index (κ1) is 16.2. The van der Waals surface area contributed by atoms with Gasteiger partial charge in [-0.1, -0.05) is 12.0 Å². The third-order valence-electron chi connectivity index (χ3n) is 5.79. The van der Waals surface area contributed by atoms with E-state index < -0.39 is 0 Å². The lowest BCUT2D eigenvalue weighted by Crippen LogP contribution is -2.36. The van der Waals surface area contributed by atoms with Crippen molar-refractivity contribution in [2.24, 2.45) is 5.41 Å². The molecule has 2 aliphatic rings. The summed E-state index contributed by atoms with van der Waals surface area (Å²) >= 11 is 0. The number of aromatic nitrogens is 1. The number of hydrogen-bond acceptors (Lipinski definition) is 3. The minimum atomic E-state index is -0.155. The molecule has 4 nitrogen and oxygen atoms in total. The van der Waals surface area contributed by atoms with Crippen LogP contribution in [0, 0.1) is 17.8 Å². The van der Waals surface area contributed by atoms with Gasteiger partial charge in [0, 0.05) is 25.0 Å². The number of pyridine rings is 1. The predicted molar refractivity (Wildman–Crippen MR) is 103 cm³/mol. The molecule has 1 aliphatic carbocycles. The first-order valence-electron chi connectivity index (χ1n) is 9.07. The lowest BCUT2D eigenvalue weighted by atomic mass is 9.92. The van der Waals surface area contributed by atoms with E-state index in [-0.39, 0.29) is 5.56 Å². The van der Waals surface area contributed by atoms with Crippen LogP contribution < -0.4 is 10.5 Å². The molecule has 0 radical (unpaired) electrons. The number of piperidine rings is 1. The maximum atomic E-state index is 12.5. The van der Waals surface area contributed by atoms with Crippen molar-refractivity contribution in [2.75, 3.05) is 32.1 Å². The Labute approximate surface area is 148 Å². The minimum absolute atomic E-state index is 0.155. The standard InChI is InChI=1S/C21H25N3O/c1-4-16-19(24-11-9-21(7-8-21)10-12-24)17-13-15(14-23(2)3)5-6-18(17)22-20(16)25/h1,5-6,13H,7-12,14H2,2-3H3,(H,22,25). The molecule has 4 rings (SSSR count). The lowest BCUT2D eigenvalue weighted by Gasteiger charge is -2.35. The van der Waals surface area contributed by atoms with Gasteiger partial charge in [-0.15, -0.1) is 6.42 Å². The Bertz CT molecular complexity index is 905. The van der Waals surface area contributed by atoms with E-state index in [1.165, 1.54) is 31.2 Å². The summed E-state index contributed by atoms with van der Waals surface area (Å²) < 4.78 is 0. The zero-order chi connectivity index (χ0) is 17.6. The Hall–Kier alpha value is -2.25. The first-order chi connectivity index (χ1) is 12.0. The number of fused-ring (bicyclic) bond motifs is 1. The van der Waals surface area contributed by atoms with E-state index in [2.05, 4.69) is 46.9 Å². The number of aromatic amines is 1. The molecule has 2 aromatic rings. The number of hydrogen-bond donors (Lipinski definition) is 1. The number of nitrogens with zero attached hydrogens (tertiary/aromatic N) is 2. The average molecular weight is 335 g/mol. The third kappa shape index (κ3) is 2.94. The Morgan fingerprint density at radius 1 is 1.24 bits per heavy atom. The number of terminal acetylenes is 1. The van der Waals surface area contributed by atoms with Crippen LogP contribution in [0.3, 0.4) is 0 Å². The van der Waals surface area contributed by atoms with Gasteiger partial charge in [0.15, 0.2) is 0 Å². The van der Waals surface area contributed by atoms with Crippen LogP contribution in [-0.2, 0) is 6.54 Å². The summed E-state index contributed by atoms with van der Waals surface area (Å²) in [6.45, 7) is 2.85. The molecular formula is C21H25N3O. The van der Waals surface area contributed by atoms with Gasteiger partial charge in [-0.25, -0.2) is 0 Å². The van der Waals surface area contributed by atoms with Crippen molar-refractivity contribution in [2.45, 2.75) is 32.2 Å². The maximum absolute atomic E-state index is 12.5. The molecule has 4 heteroatoms. The Balaban J connectivity index is 1.83. The fraction of sp³-hybridized carbons (Fsp3) is 0.476. The Kier molecular flexibility index (Phi) is 3.85. The number of H-pyrrole nitrogens is 1. The molecule has 1 saturated carbocycles. The molecular weight excluding hydrogens is 310 g/mol. The van der Waals surface area contributed by atoms with Crippen molar-refractivity contribution < 1.29 is 0 Å². The molecule has 2 heterocycles. The molecule has 1 aromatic heterocycles. The van der Waals surface area contributed by atoms with Gasteiger partial charge in [-0.2, -0.15) is 0 Å². The van der Waals surface area contributed by atoms with Gasteiger partial charge in [-0.05, 0) is 62.9 Å². The fourth-order valence-corrected chi connectivity index (χ4v) is 4.13. The van der Waals surface area contributed by atoms with Crippen LogP contribution in [-0.4, -0.2) is 37.1 Å². The largest absolute Gasteiger partial charge is 0.370 e. The van der Waals surface area contributed by atoms with E-state index in [9.17, 15) is 4.79 Å². The number of nitrogens with one attached hydrogen (secondary N) is 1. The highest BCUT2D eigenvalue weighted by Gasteiger charge is 2.44. The zero-order valence-electron chi connectivity index (χ0n) is 15.1. The molecule has 0 atom stereocenters. The second-order valence-corrected chi connectivity index (χ2v) is 7.93. The van der Waals surface area contributed by atoms with Crippen LogP contribution in [0.2, 0.25) is 0 Å². The van der Waals surface area contributed by atoms with E-state index in [1.807, 2.05) is 6.07 Å². The van der Waals surface area contributed by atoms with Crippen LogP contribution in [0.4, 0.5) is 5.69 Å². The Morgan fingerprint density at radius 2 is 1.96 bits per heavy atom. The molecule has 1 N–H and O–H groups in total. The van der Waals surface area contributed by atoms with E-state index in [0.717, 1.165) is 36.2 Å². The third-order valence-corrected chi connectivity index (χ3v) is 5.79. The maximum Gasteiger partial charge on any atom is 0.266 e. The van der Waals surface area contributed by atoms with Crippen molar-refractivity contribution in [3.05, 3.63) is 39.7 Å². The smallest absolute Gasteiger partial charge is 0.266 e. The highest BCUT2D eigenvalue weighted by atomic mass is 16.1. The number of benzene rings is 1. The van der Waals surface area contributed by atoms with E-state index >= 15 is 0 Å². The van der Waals surface area contributed by atoms with Crippen LogP contribution in [0.15, 0.2) is 23.0 Å². The summed E-state index contributed by atoms with van der Waals surface area (Å²) in [7, 11) is 4.12. The van der Waals surface area contributed by atoms with Crippen molar-refractivity contribution in [1.82, 2.24) is 9.88 Å². The van der Waals surface area contributed by atoms with E-state index in [4.69, 9.17) is 6.42 Å². The molecule has 1 saturated heterocycles. The van der Waals surface area contributed by atoms with Gasteiger partial charge < -0.3 is 14.8 Å². The van der Waals surface area contributed by atoms with Gasteiger partial charge in [0.2, 0.25) is 0 Å². The van der Waals surface area contributed by atoms with Crippen molar-refractivity contribution in [3.8, 4) is 12.3 Å². The van der Waals surface area contributed by atoms with Gasteiger partial charge >= 0.3 is 0 Å². The number of anilines is 1. The summed E-state index contributed by atoms with van der Waals surface area (Å²) in [6.07, 6.45) is 10.9. The van der Waals surface area contributed by atoms with Crippen LogP contribution in [0.1, 0.15) is 36.8 Å². The van der Waals surface area contributed by atoms with Gasteiger partial charge in [-0.3, -0.25) is 4.79 Å². The lowest BCUT2D eigenvalue weighted by molar-refractivity contribution is 0.384. The second kappa shape index (κ2) is 5.93. The van der Waals surface area contributed by atoms with Crippen molar-refractivity contribution >= 4 is 16.6 Å². The molecule has 25 heavy (non-hydrogen) atoms. The molecule has 1 aromatic carbocycles. The van der Waals surface area contributed by atoms with Crippen molar-refractivity contribution in [3.63, 3.8) is 0 Å². The quantitative estimate of drug-likeness (QED) is 0.877. The summed E-state index contributed by atoms with van der Waals surface area (Å²) in [4.78, 5) is 19.9. The normalized spacial score (nSPS) is 18.7. The van der Waals surface area contributed by atoms with Crippen LogP contribution in [0.5, 0.6) is 0 Å². The molecule has 1 spiro atoms. The summed E-state index contributed by atoms with van der Waals surface area (Å²) in [5, 5.41) is 1.07. The second-order valence-electron chi connectivity index (χ2n) is 7.93. The van der Waals surface area contributed by atoms with Gasteiger partial charge in [0.25, 0.3) is 5.56 Å². The summed E-state index contributed by atoms with van der Waals surface area (Å²) in [6, 6.07) is 6.27. The fourth-order valence-electron chi connectivity index (χ4n) is 4.13. The highest BCUT2D eigenvalue weighted by Crippen LogP contribution is 2.54. The summed E-state index contributed by atoms with van der Waals surface area (Å²) in [5.41, 5.74) is 3.97.